The van der Waals surface area contributed by atoms with Gasteiger partial charge >= 0.3 is 0 Å². The lowest BCUT2D eigenvalue weighted by molar-refractivity contribution is -0.115. The maximum atomic E-state index is 12.3. The Labute approximate surface area is 140 Å². The summed E-state index contributed by atoms with van der Waals surface area (Å²) in [5.74, 6) is -0.149. The van der Waals surface area contributed by atoms with E-state index in [1.165, 1.54) is 11.8 Å². The van der Waals surface area contributed by atoms with E-state index >= 15 is 0 Å². The van der Waals surface area contributed by atoms with Crippen LogP contribution in [0.4, 0.5) is 5.69 Å². The number of carbonyl (C=O) groups excluding carboxylic acids is 1. The summed E-state index contributed by atoms with van der Waals surface area (Å²) >= 11 is 1.32. The van der Waals surface area contributed by atoms with Gasteiger partial charge in [0.2, 0.25) is 5.91 Å². The Hall–Kier alpha value is -2.39. The Balaban J connectivity index is 2.07. The molecule has 6 heteroatoms. The first-order valence-corrected chi connectivity index (χ1v) is 8.08. The van der Waals surface area contributed by atoms with Crippen LogP contribution in [0.1, 0.15) is 29.4 Å². The molecule has 5 nitrogen and oxygen atoms in total. The molecule has 0 radical (unpaired) electrons. The summed E-state index contributed by atoms with van der Waals surface area (Å²) in [6, 6.07) is 8.88. The molecule has 118 valence electrons. The van der Waals surface area contributed by atoms with Gasteiger partial charge in [0.05, 0.1) is 16.9 Å². The third-order valence-electron chi connectivity index (χ3n) is 3.52. The summed E-state index contributed by atoms with van der Waals surface area (Å²) in [5, 5.41) is 12.0. The van der Waals surface area contributed by atoms with Crippen molar-refractivity contribution in [2.75, 3.05) is 5.32 Å². The van der Waals surface area contributed by atoms with Crippen LogP contribution in [0.15, 0.2) is 29.4 Å². The van der Waals surface area contributed by atoms with Crippen molar-refractivity contribution in [1.29, 1.82) is 5.26 Å². The van der Waals surface area contributed by atoms with E-state index in [-0.39, 0.29) is 11.2 Å². The lowest BCUT2D eigenvalue weighted by Gasteiger charge is -2.12. The van der Waals surface area contributed by atoms with Crippen LogP contribution in [-0.4, -0.2) is 21.1 Å². The number of aromatic nitrogens is 2. The Morgan fingerprint density at radius 1 is 1.26 bits per heavy atom. The van der Waals surface area contributed by atoms with Crippen LogP contribution in [0.3, 0.4) is 0 Å². The van der Waals surface area contributed by atoms with Gasteiger partial charge in [-0.25, -0.2) is 9.97 Å². The third kappa shape index (κ3) is 4.30. The van der Waals surface area contributed by atoms with Crippen molar-refractivity contribution >= 4 is 23.4 Å². The first kappa shape index (κ1) is 17.0. The highest BCUT2D eigenvalue weighted by atomic mass is 32.2. The standard InChI is InChI=1S/C17H18N4OS/c1-10-11(2)19-17(20-12(10)3)23-13(4)16(22)21-15-7-5-6-14(8-15)9-18/h5-8,13H,1-4H3,(H,21,22). The summed E-state index contributed by atoms with van der Waals surface area (Å²) in [6.07, 6.45) is 0. The number of benzene rings is 1. The van der Waals surface area contributed by atoms with Crippen molar-refractivity contribution in [3.63, 3.8) is 0 Å². The minimum atomic E-state index is -0.345. The topological polar surface area (TPSA) is 78.7 Å². The Bertz CT molecular complexity index is 759. The van der Waals surface area contributed by atoms with E-state index in [0.29, 0.717) is 16.4 Å². The fourth-order valence-corrected chi connectivity index (χ4v) is 2.78. The fraction of sp³-hybridized carbons (Fsp3) is 0.294. The van der Waals surface area contributed by atoms with Gasteiger partial charge < -0.3 is 5.32 Å². The minimum Gasteiger partial charge on any atom is -0.325 e. The molecule has 0 aliphatic rings. The second kappa shape index (κ2) is 7.25. The van der Waals surface area contributed by atoms with Gasteiger partial charge in [-0.15, -0.1) is 0 Å². The van der Waals surface area contributed by atoms with Crippen molar-refractivity contribution in [1.82, 2.24) is 9.97 Å². The van der Waals surface area contributed by atoms with Crippen molar-refractivity contribution in [2.24, 2.45) is 0 Å². The average Bonchev–Trinajstić information content (AvgIpc) is 2.52. The molecule has 2 aromatic rings. The largest absolute Gasteiger partial charge is 0.325 e. The Morgan fingerprint density at radius 2 is 1.91 bits per heavy atom. The Kier molecular flexibility index (Phi) is 5.35. The quantitative estimate of drug-likeness (QED) is 0.688. The number of aryl methyl sites for hydroxylation is 2. The zero-order valence-electron chi connectivity index (χ0n) is 13.5. The highest BCUT2D eigenvalue weighted by Gasteiger charge is 2.17. The van der Waals surface area contributed by atoms with Crippen molar-refractivity contribution in [3.8, 4) is 6.07 Å². The number of hydrogen-bond acceptors (Lipinski definition) is 5. The number of nitriles is 1. The number of nitrogens with zero attached hydrogens (tertiary/aromatic N) is 3. The van der Waals surface area contributed by atoms with E-state index in [2.05, 4.69) is 21.4 Å². The van der Waals surface area contributed by atoms with Gasteiger partial charge in [-0.1, -0.05) is 17.8 Å². The van der Waals surface area contributed by atoms with Crippen LogP contribution in [-0.2, 0) is 4.79 Å². The molecule has 1 unspecified atom stereocenters. The van der Waals surface area contributed by atoms with Crippen LogP contribution in [0.5, 0.6) is 0 Å². The van der Waals surface area contributed by atoms with Gasteiger partial charge in [0, 0.05) is 17.1 Å². The predicted molar refractivity (Wildman–Crippen MR) is 91.3 cm³/mol. The van der Waals surface area contributed by atoms with E-state index < -0.39 is 0 Å². The van der Waals surface area contributed by atoms with Gasteiger partial charge in [-0.3, -0.25) is 4.79 Å². The predicted octanol–water partition coefficient (Wildman–Crippen LogP) is 3.39. The van der Waals surface area contributed by atoms with E-state index in [1.807, 2.05) is 27.7 Å². The van der Waals surface area contributed by atoms with E-state index in [4.69, 9.17) is 5.26 Å². The summed E-state index contributed by atoms with van der Waals surface area (Å²) in [7, 11) is 0. The molecule has 2 rings (SSSR count). The smallest absolute Gasteiger partial charge is 0.237 e. The molecular weight excluding hydrogens is 308 g/mol. The van der Waals surface area contributed by atoms with E-state index in [9.17, 15) is 4.79 Å². The van der Waals surface area contributed by atoms with E-state index in [1.54, 1.807) is 24.3 Å². The highest BCUT2D eigenvalue weighted by Crippen LogP contribution is 2.23. The molecule has 0 fully saturated rings. The molecule has 1 aromatic carbocycles. The summed E-state index contributed by atoms with van der Waals surface area (Å²) < 4.78 is 0. The second-order valence-corrected chi connectivity index (χ2v) is 6.55. The second-order valence-electron chi connectivity index (χ2n) is 5.24. The molecule has 1 amide bonds. The molecule has 0 bridgehead atoms. The molecule has 0 aliphatic heterocycles. The molecule has 1 N–H and O–H groups in total. The maximum absolute atomic E-state index is 12.3. The third-order valence-corrected chi connectivity index (χ3v) is 4.48. The van der Waals surface area contributed by atoms with Gasteiger partial charge in [0.15, 0.2) is 5.16 Å². The molecule has 1 atom stereocenters. The molecular formula is C17H18N4OS. The number of rotatable bonds is 4. The van der Waals surface area contributed by atoms with Crippen LogP contribution in [0, 0.1) is 32.1 Å². The van der Waals surface area contributed by atoms with Crippen molar-refractivity contribution in [2.45, 2.75) is 38.1 Å². The normalized spacial score (nSPS) is 11.6. The summed E-state index contributed by atoms with van der Waals surface area (Å²) in [6.45, 7) is 7.66. The van der Waals surface area contributed by atoms with Gasteiger partial charge in [0.1, 0.15) is 0 Å². The van der Waals surface area contributed by atoms with Gasteiger partial charge in [0.25, 0.3) is 0 Å². The molecule has 0 spiro atoms. The van der Waals surface area contributed by atoms with Crippen LogP contribution >= 0.6 is 11.8 Å². The lowest BCUT2D eigenvalue weighted by atomic mass is 10.2. The van der Waals surface area contributed by atoms with E-state index in [0.717, 1.165) is 17.0 Å². The van der Waals surface area contributed by atoms with Crippen LogP contribution in [0.25, 0.3) is 0 Å². The highest BCUT2D eigenvalue weighted by molar-refractivity contribution is 8.00. The average molecular weight is 326 g/mol. The number of carbonyl (C=O) groups is 1. The monoisotopic (exact) mass is 326 g/mol. The lowest BCUT2D eigenvalue weighted by Crippen LogP contribution is -2.22. The first-order valence-electron chi connectivity index (χ1n) is 7.20. The SMILES string of the molecule is Cc1nc(SC(C)C(=O)Nc2cccc(C#N)c2)nc(C)c1C. The molecule has 0 aliphatic carbocycles. The zero-order valence-corrected chi connectivity index (χ0v) is 14.4. The molecule has 0 saturated heterocycles. The molecule has 1 heterocycles. The molecule has 23 heavy (non-hydrogen) atoms. The Morgan fingerprint density at radius 3 is 2.52 bits per heavy atom. The summed E-state index contributed by atoms with van der Waals surface area (Å²) in [4.78, 5) is 21.1. The van der Waals surface area contributed by atoms with Gasteiger partial charge in [-0.05, 0) is 51.5 Å². The minimum absolute atomic E-state index is 0.149. The van der Waals surface area contributed by atoms with Crippen LogP contribution < -0.4 is 5.32 Å². The molecule has 0 saturated carbocycles. The maximum Gasteiger partial charge on any atom is 0.237 e. The zero-order chi connectivity index (χ0) is 17.0. The number of thioether (sulfide) groups is 1. The number of anilines is 1. The van der Waals surface area contributed by atoms with Crippen LogP contribution in [0.2, 0.25) is 0 Å². The summed E-state index contributed by atoms with van der Waals surface area (Å²) in [5.41, 5.74) is 4.04. The number of hydrogen-bond donors (Lipinski definition) is 1. The number of amides is 1. The number of nitrogens with one attached hydrogen (secondary N) is 1. The van der Waals surface area contributed by atoms with Gasteiger partial charge in [-0.2, -0.15) is 5.26 Å². The first-order chi connectivity index (χ1) is 10.9. The fourth-order valence-electron chi connectivity index (χ4n) is 1.92. The molecule has 1 aromatic heterocycles. The van der Waals surface area contributed by atoms with Crippen molar-refractivity contribution in [3.05, 3.63) is 46.8 Å². The van der Waals surface area contributed by atoms with Crippen molar-refractivity contribution < 1.29 is 4.79 Å².